The molecule has 1 saturated heterocycles. The Hall–Kier alpha value is -2.09. The first-order valence-corrected chi connectivity index (χ1v) is 10.9. The first-order chi connectivity index (χ1) is 13.3. The molecule has 0 N–H and O–H groups in total. The molecule has 1 amide bonds. The number of aryl methyl sites for hydroxylation is 1. The fourth-order valence-electron chi connectivity index (χ4n) is 3.13. The van der Waals surface area contributed by atoms with Crippen LogP contribution in [0.15, 0.2) is 53.4 Å². The van der Waals surface area contributed by atoms with Gasteiger partial charge in [-0.1, -0.05) is 29.8 Å². The molecule has 1 fully saturated rings. The van der Waals surface area contributed by atoms with E-state index in [0.717, 1.165) is 5.56 Å². The van der Waals surface area contributed by atoms with E-state index in [4.69, 9.17) is 16.3 Å². The van der Waals surface area contributed by atoms with Crippen LogP contribution in [0, 0.1) is 6.92 Å². The van der Waals surface area contributed by atoms with Crippen molar-refractivity contribution in [3.05, 3.63) is 59.1 Å². The van der Waals surface area contributed by atoms with Crippen molar-refractivity contribution < 1.29 is 17.9 Å². The van der Waals surface area contributed by atoms with Crippen molar-refractivity contribution in [2.45, 2.75) is 24.8 Å². The van der Waals surface area contributed by atoms with Crippen LogP contribution < -0.4 is 4.74 Å². The maximum absolute atomic E-state index is 12.8. The Labute approximate surface area is 170 Å². The van der Waals surface area contributed by atoms with Gasteiger partial charge in [0.25, 0.3) is 5.91 Å². The summed E-state index contributed by atoms with van der Waals surface area (Å²) in [6.07, 6.45) is -0.641. The minimum Gasteiger partial charge on any atom is -0.481 e. The number of sulfonamides is 1. The average molecular weight is 423 g/mol. The van der Waals surface area contributed by atoms with Crippen molar-refractivity contribution in [3.8, 4) is 5.75 Å². The number of amides is 1. The van der Waals surface area contributed by atoms with Crippen molar-refractivity contribution in [2.24, 2.45) is 0 Å². The third kappa shape index (κ3) is 4.66. The minimum atomic E-state index is -3.63. The van der Waals surface area contributed by atoms with Gasteiger partial charge in [0, 0.05) is 31.2 Å². The highest BCUT2D eigenvalue weighted by molar-refractivity contribution is 7.89. The molecule has 0 aliphatic carbocycles. The van der Waals surface area contributed by atoms with E-state index in [2.05, 4.69) is 0 Å². The first-order valence-electron chi connectivity index (χ1n) is 9.05. The molecule has 1 heterocycles. The lowest BCUT2D eigenvalue weighted by Crippen LogP contribution is -2.53. The van der Waals surface area contributed by atoms with Gasteiger partial charge in [-0.3, -0.25) is 4.79 Å². The molecule has 0 unspecified atom stereocenters. The van der Waals surface area contributed by atoms with Crippen LogP contribution in [-0.2, 0) is 14.8 Å². The van der Waals surface area contributed by atoms with Crippen LogP contribution in [0.2, 0.25) is 5.02 Å². The molecular weight excluding hydrogens is 400 g/mol. The fraction of sp³-hybridized carbons (Fsp3) is 0.350. The number of benzene rings is 2. The van der Waals surface area contributed by atoms with E-state index in [1.54, 1.807) is 24.0 Å². The van der Waals surface area contributed by atoms with Crippen LogP contribution in [0.1, 0.15) is 12.5 Å². The molecule has 0 spiro atoms. The van der Waals surface area contributed by atoms with Crippen molar-refractivity contribution in [1.82, 2.24) is 9.21 Å². The Morgan fingerprint density at radius 2 is 1.75 bits per heavy atom. The molecular formula is C20H23ClN2O4S. The number of rotatable bonds is 5. The molecule has 8 heteroatoms. The molecule has 0 aromatic heterocycles. The van der Waals surface area contributed by atoms with Gasteiger partial charge in [-0.25, -0.2) is 8.42 Å². The average Bonchev–Trinajstić information content (AvgIpc) is 2.67. The smallest absolute Gasteiger partial charge is 0.263 e. The topological polar surface area (TPSA) is 66.9 Å². The van der Waals surface area contributed by atoms with Gasteiger partial charge < -0.3 is 9.64 Å². The monoisotopic (exact) mass is 422 g/mol. The molecule has 2 aromatic carbocycles. The number of carbonyl (C=O) groups excluding carboxylic acids is 1. The number of ether oxygens (including phenoxy) is 1. The maximum Gasteiger partial charge on any atom is 0.263 e. The Morgan fingerprint density at radius 1 is 1.07 bits per heavy atom. The number of halogens is 1. The third-order valence-electron chi connectivity index (χ3n) is 4.63. The fourth-order valence-corrected chi connectivity index (χ4v) is 4.85. The van der Waals surface area contributed by atoms with Gasteiger partial charge in [0.1, 0.15) is 5.75 Å². The lowest BCUT2D eigenvalue weighted by atomic mass is 10.2. The van der Waals surface area contributed by atoms with E-state index in [1.165, 1.54) is 16.4 Å². The Bertz CT molecular complexity index is 956. The van der Waals surface area contributed by atoms with Crippen molar-refractivity contribution in [2.75, 3.05) is 26.2 Å². The van der Waals surface area contributed by atoms with E-state index in [-0.39, 0.29) is 23.9 Å². The van der Waals surface area contributed by atoms with Gasteiger partial charge in [-0.15, -0.1) is 0 Å². The lowest BCUT2D eigenvalue weighted by molar-refractivity contribution is -0.139. The highest BCUT2D eigenvalue weighted by atomic mass is 35.5. The van der Waals surface area contributed by atoms with E-state index in [0.29, 0.717) is 23.9 Å². The summed E-state index contributed by atoms with van der Waals surface area (Å²) in [4.78, 5) is 14.5. The maximum atomic E-state index is 12.8. The highest BCUT2D eigenvalue weighted by Gasteiger charge is 2.32. The summed E-state index contributed by atoms with van der Waals surface area (Å²) in [6.45, 7) is 4.77. The quantitative estimate of drug-likeness (QED) is 0.743. The van der Waals surface area contributed by atoms with E-state index in [9.17, 15) is 13.2 Å². The van der Waals surface area contributed by atoms with Gasteiger partial charge >= 0.3 is 0 Å². The summed E-state index contributed by atoms with van der Waals surface area (Å²) in [5.41, 5.74) is 1.05. The van der Waals surface area contributed by atoms with Crippen molar-refractivity contribution in [1.29, 1.82) is 0 Å². The molecule has 0 bridgehead atoms. The summed E-state index contributed by atoms with van der Waals surface area (Å²) in [5, 5.41) is 0.372. The van der Waals surface area contributed by atoms with Crippen LogP contribution in [0.5, 0.6) is 5.75 Å². The summed E-state index contributed by atoms with van der Waals surface area (Å²) in [7, 11) is -3.63. The van der Waals surface area contributed by atoms with Crippen LogP contribution >= 0.6 is 11.6 Å². The second-order valence-corrected chi connectivity index (χ2v) is 9.14. The van der Waals surface area contributed by atoms with Crippen LogP contribution in [-0.4, -0.2) is 55.8 Å². The second kappa shape index (κ2) is 8.51. The molecule has 1 aliphatic heterocycles. The highest BCUT2D eigenvalue weighted by Crippen LogP contribution is 2.21. The van der Waals surface area contributed by atoms with Crippen molar-refractivity contribution >= 4 is 27.5 Å². The zero-order chi connectivity index (χ0) is 20.3. The molecule has 6 nitrogen and oxygen atoms in total. The zero-order valence-corrected chi connectivity index (χ0v) is 17.4. The largest absolute Gasteiger partial charge is 0.481 e. The number of nitrogens with zero attached hydrogens (tertiary/aromatic N) is 2. The first kappa shape index (κ1) is 20.6. The molecule has 2 aromatic rings. The predicted octanol–water partition coefficient (Wildman–Crippen LogP) is 2.95. The van der Waals surface area contributed by atoms with Gasteiger partial charge in [0.2, 0.25) is 10.0 Å². The summed E-state index contributed by atoms with van der Waals surface area (Å²) in [5.74, 6) is 0.490. The van der Waals surface area contributed by atoms with Crippen LogP contribution in [0.25, 0.3) is 0 Å². The molecule has 0 radical (unpaired) electrons. The van der Waals surface area contributed by atoms with Gasteiger partial charge in [-0.2, -0.15) is 4.31 Å². The Balaban J connectivity index is 1.60. The third-order valence-corrected chi connectivity index (χ3v) is 6.76. The Morgan fingerprint density at radius 3 is 2.39 bits per heavy atom. The van der Waals surface area contributed by atoms with Gasteiger partial charge in [0.05, 0.1) is 4.90 Å². The van der Waals surface area contributed by atoms with E-state index < -0.39 is 16.1 Å². The Kier molecular flexibility index (Phi) is 6.27. The normalized spacial score (nSPS) is 16.6. The standard InChI is InChI=1S/C20H23ClN2O4S/c1-15-5-3-7-18(13-15)27-16(2)20(24)22-9-11-23(12-10-22)28(25,26)19-8-4-6-17(21)14-19/h3-8,13-14,16H,9-12H2,1-2H3/t16-/m1/s1. The molecule has 28 heavy (non-hydrogen) atoms. The number of hydrogen-bond acceptors (Lipinski definition) is 4. The predicted molar refractivity (Wildman–Crippen MR) is 108 cm³/mol. The van der Waals surface area contributed by atoms with E-state index in [1.807, 2.05) is 31.2 Å². The molecule has 0 saturated carbocycles. The summed E-state index contributed by atoms with van der Waals surface area (Å²) >= 11 is 5.92. The molecule has 1 aliphatic rings. The molecule has 1 atom stereocenters. The molecule has 150 valence electrons. The SMILES string of the molecule is Cc1cccc(O[C@H](C)C(=O)N2CCN(S(=O)(=O)c3cccc(Cl)c3)CC2)c1. The van der Waals surface area contributed by atoms with E-state index >= 15 is 0 Å². The number of carbonyl (C=O) groups is 1. The number of piperazine rings is 1. The second-order valence-electron chi connectivity index (χ2n) is 6.76. The van der Waals surface area contributed by atoms with Gasteiger partial charge in [0.15, 0.2) is 6.10 Å². The minimum absolute atomic E-state index is 0.152. The zero-order valence-electron chi connectivity index (χ0n) is 15.8. The van der Waals surface area contributed by atoms with Crippen LogP contribution in [0.4, 0.5) is 0 Å². The summed E-state index contributed by atoms with van der Waals surface area (Å²) in [6, 6.07) is 13.7. The number of hydrogen-bond donors (Lipinski definition) is 0. The summed E-state index contributed by atoms with van der Waals surface area (Å²) < 4.78 is 32.7. The molecule has 3 rings (SSSR count). The van der Waals surface area contributed by atoms with Crippen molar-refractivity contribution in [3.63, 3.8) is 0 Å². The van der Waals surface area contributed by atoms with Gasteiger partial charge in [-0.05, 0) is 49.7 Å². The lowest BCUT2D eigenvalue weighted by Gasteiger charge is -2.35. The van der Waals surface area contributed by atoms with Crippen LogP contribution in [0.3, 0.4) is 0 Å².